The largest absolute Gasteiger partial charge is 0.440 e. The van der Waals surface area contributed by atoms with Crippen molar-refractivity contribution in [2.75, 3.05) is 5.73 Å². The maximum atomic E-state index is 9.32. The second kappa shape index (κ2) is 4.34. The van der Waals surface area contributed by atoms with Crippen molar-refractivity contribution in [3.63, 3.8) is 0 Å². The molecule has 4 nitrogen and oxygen atoms in total. The number of rotatable bonds is 1. The molecule has 3 rings (SSSR count). The molecule has 0 aliphatic carbocycles. The summed E-state index contributed by atoms with van der Waals surface area (Å²) in [4.78, 5) is 1.06. The Morgan fingerprint density at radius 1 is 1.26 bits per heavy atom. The summed E-state index contributed by atoms with van der Waals surface area (Å²) < 4.78 is 5.50. The van der Waals surface area contributed by atoms with Crippen LogP contribution in [0.2, 0.25) is 0 Å². The molecular weight excluding hydrogens is 258 g/mol. The molecule has 5 heteroatoms. The van der Waals surface area contributed by atoms with Crippen LogP contribution in [0.3, 0.4) is 0 Å². The molecule has 2 heterocycles. The van der Waals surface area contributed by atoms with Crippen molar-refractivity contribution in [2.45, 2.75) is 5.92 Å². The lowest BCUT2D eigenvalue weighted by Crippen LogP contribution is -2.20. The van der Waals surface area contributed by atoms with Crippen LogP contribution < -0.4 is 16.2 Å². The van der Waals surface area contributed by atoms with Crippen molar-refractivity contribution in [3.05, 3.63) is 57.6 Å². The molecule has 94 valence electrons. The third kappa shape index (κ3) is 1.83. The number of nitriles is 1. The van der Waals surface area contributed by atoms with Gasteiger partial charge >= 0.3 is 0 Å². The predicted octanol–water partition coefficient (Wildman–Crippen LogP) is 2.55. The Morgan fingerprint density at radius 2 is 2.11 bits per heavy atom. The summed E-state index contributed by atoms with van der Waals surface area (Å²) in [5, 5.41) is 11.3. The highest BCUT2D eigenvalue weighted by molar-refractivity contribution is 7.10. The number of hydrogen-bond acceptors (Lipinski definition) is 5. The molecule has 0 saturated carbocycles. The third-order valence-corrected chi connectivity index (χ3v) is 4.01. The molecule has 0 saturated heterocycles. The van der Waals surface area contributed by atoms with Gasteiger partial charge in [0.2, 0.25) is 5.88 Å². The lowest BCUT2D eigenvalue weighted by molar-refractivity contribution is 0.394. The predicted molar refractivity (Wildman–Crippen MR) is 74.5 cm³/mol. The van der Waals surface area contributed by atoms with E-state index in [4.69, 9.17) is 16.2 Å². The zero-order chi connectivity index (χ0) is 13.4. The maximum Gasteiger partial charge on any atom is 0.205 e. The van der Waals surface area contributed by atoms with E-state index in [1.54, 1.807) is 23.5 Å². The van der Waals surface area contributed by atoms with Gasteiger partial charge in [-0.05, 0) is 17.5 Å². The van der Waals surface area contributed by atoms with E-state index in [0.717, 1.165) is 10.4 Å². The zero-order valence-electron chi connectivity index (χ0n) is 9.96. The SMILES string of the molecule is N#CC1=C(N)Oc2cc(N)ccc2[C@@H]1c1cccs1. The summed E-state index contributed by atoms with van der Waals surface area (Å²) in [5.74, 6) is 0.600. The van der Waals surface area contributed by atoms with E-state index in [2.05, 4.69) is 6.07 Å². The standard InChI is InChI=1S/C14H11N3OS/c15-7-10-13(12-2-1-5-19-12)9-4-3-8(16)6-11(9)18-14(10)17/h1-6,13H,16-17H2/t13-/m0/s1. The van der Waals surface area contributed by atoms with Crippen LogP contribution in [0.5, 0.6) is 5.75 Å². The number of ether oxygens (including phenoxy) is 1. The Labute approximate surface area is 114 Å². The fourth-order valence-corrected chi connectivity index (χ4v) is 3.07. The molecular formula is C14H11N3OS. The van der Waals surface area contributed by atoms with Gasteiger partial charge in [0.1, 0.15) is 17.4 Å². The van der Waals surface area contributed by atoms with Crippen LogP contribution in [0.25, 0.3) is 0 Å². The van der Waals surface area contributed by atoms with E-state index in [1.807, 2.05) is 23.6 Å². The van der Waals surface area contributed by atoms with Gasteiger partial charge in [-0.2, -0.15) is 5.26 Å². The second-order valence-electron chi connectivity index (χ2n) is 4.24. The van der Waals surface area contributed by atoms with Crippen molar-refractivity contribution in [3.8, 4) is 11.8 Å². The number of anilines is 1. The molecule has 0 fully saturated rings. The van der Waals surface area contributed by atoms with Gasteiger partial charge in [-0.15, -0.1) is 11.3 Å². The van der Waals surface area contributed by atoms with Gasteiger partial charge in [-0.25, -0.2) is 0 Å². The molecule has 2 aromatic rings. The molecule has 0 spiro atoms. The molecule has 0 unspecified atom stereocenters. The number of hydrogen-bond donors (Lipinski definition) is 2. The minimum absolute atomic E-state index is 0.152. The Bertz CT molecular complexity index is 698. The molecule has 0 radical (unpaired) electrons. The molecule has 1 aliphatic heterocycles. The fraction of sp³-hybridized carbons (Fsp3) is 0.0714. The van der Waals surface area contributed by atoms with Gasteiger partial charge in [0.15, 0.2) is 0 Å². The van der Waals surface area contributed by atoms with Crippen molar-refractivity contribution < 1.29 is 4.74 Å². The van der Waals surface area contributed by atoms with Gasteiger partial charge < -0.3 is 16.2 Å². The van der Waals surface area contributed by atoms with E-state index < -0.39 is 0 Å². The first-order valence-electron chi connectivity index (χ1n) is 5.71. The first-order valence-corrected chi connectivity index (χ1v) is 6.59. The summed E-state index contributed by atoms with van der Waals surface area (Å²) in [5.41, 5.74) is 13.6. The molecule has 19 heavy (non-hydrogen) atoms. The maximum absolute atomic E-state index is 9.32. The van der Waals surface area contributed by atoms with Crippen LogP contribution >= 0.6 is 11.3 Å². The Hall–Kier alpha value is -2.45. The Balaban J connectivity index is 2.23. The van der Waals surface area contributed by atoms with Gasteiger partial charge in [0, 0.05) is 22.2 Å². The summed E-state index contributed by atoms with van der Waals surface area (Å²) in [6.07, 6.45) is 0. The number of nitrogens with two attached hydrogens (primary N) is 2. The lowest BCUT2D eigenvalue weighted by Gasteiger charge is -2.25. The molecule has 1 atom stereocenters. The van der Waals surface area contributed by atoms with Crippen molar-refractivity contribution >= 4 is 17.0 Å². The molecule has 4 N–H and O–H groups in total. The van der Waals surface area contributed by atoms with E-state index in [0.29, 0.717) is 17.0 Å². The van der Waals surface area contributed by atoms with Crippen molar-refractivity contribution in [2.24, 2.45) is 5.73 Å². The number of benzene rings is 1. The normalized spacial score (nSPS) is 17.5. The summed E-state index contributed by atoms with van der Waals surface area (Å²) in [7, 11) is 0. The highest BCUT2D eigenvalue weighted by Crippen LogP contribution is 2.43. The van der Waals surface area contributed by atoms with E-state index >= 15 is 0 Å². The first-order chi connectivity index (χ1) is 9.20. The minimum Gasteiger partial charge on any atom is -0.440 e. The van der Waals surface area contributed by atoms with Crippen LogP contribution in [0.15, 0.2) is 47.2 Å². The van der Waals surface area contributed by atoms with Gasteiger partial charge in [0.05, 0.1) is 5.92 Å². The smallest absolute Gasteiger partial charge is 0.205 e. The first kappa shape index (κ1) is 11.6. The Kier molecular flexibility index (Phi) is 2.65. The van der Waals surface area contributed by atoms with Crippen LogP contribution in [0, 0.1) is 11.3 Å². The monoisotopic (exact) mass is 269 g/mol. The number of allylic oxidation sites excluding steroid dienone is 1. The topological polar surface area (TPSA) is 85.1 Å². The van der Waals surface area contributed by atoms with Crippen molar-refractivity contribution in [1.29, 1.82) is 5.26 Å². The van der Waals surface area contributed by atoms with Gasteiger partial charge in [0.25, 0.3) is 0 Å². The van der Waals surface area contributed by atoms with Crippen LogP contribution in [-0.4, -0.2) is 0 Å². The number of nitrogens with zero attached hydrogens (tertiary/aromatic N) is 1. The second-order valence-corrected chi connectivity index (χ2v) is 5.22. The number of nitrogen functional groups attached to an aromatic ring is 1. The minimum atomic E-state index is -0.172. The summed E-state index contributed by atoms with van der Waals surface area (Å²) >= 11 is 1.59. The van der Waals surface area contributed by atoms with E-state index in [9.17, 15) is 5.26 Å². The van der Waals surface area contributed by atoms with Crippen LogP contribution in [-0.2, 0) is 0 Å². The summed E-state index contributed by atoms with van der Waals surface area (Å²) in [6.45, 7) is 0. The molecule has 1 aromatic heterocycles. The van der Waals surface area contributed by atoms with E-state index in [1.165, 1.54) is 0 Å². The Morgan fingerprint density at radius 3 is 2.79 bits per heavy atom. The zero-order valence-corrected chi connectivity index (χ0v) is 10.8. The lowest BCUT2D eigenvalue weighted by atomic mass is 9.88. The number of thiophene rings is 1. The highest BCUT2D eigenvalue weighted by atomic mass is 32.1. The third-order valence-electron chi connectivity index (χ3n) is 3.07. The van der Waals surface area contributed by atoms with Gasteiger partial charge in [-0.1, -0.05) is 12.1 Å². The van der Waals surface area contributed by atoms with Crippen molar-refractivity contribution in [1.82, 2.24) is 0 Å². The average molecular weight is 269 g/mol. The van der Waals surface area contributed by atoms with Gasteiger partial charge in [-0.3, -0.25) is 0 Å². The average Bonchev–Trinajstić information content (AvgIpc) is 2.90. The molecule has 1 aromatic carbocycles. The van der Waals surface area contributed by atoms with Crippen LogP contribution in [0.4, 0.5) is 5.69 Å². The van der Waals surface area contributed by atoms with E-state index in [-0.39, 0.29) is 11.8 Å². The summed E-state index contributed by atoms with van der Waals surface area (Å²) in [6, 6.07) is 11.5. The molecule has 0 amide bonds. The fourth-order valence-electron chi connectivity index (χ4n) is 2.22. The van der Waals surface area contributed by atoms with Crippen LogP contribution in [0.1, 0.15) is 16.4 Å². The molecule has 0 bridgehead atoms. The molecule has 1 aliphatic rings. The highest BCUT2D eigenvalue weighted by Gasteiger charge is 2.31. The quantitative estimate of drug-likeness (QED) is 0.779. The number of fused-ring (bicyclic) bond motifs is 1.